The molecule has 1 atom stereocenters. The standard InChI is InChI=1S/C17H18Cl2N2O4S/c1-25-13-6-3-11(4-7-13)16(21-26(2,23)24)10-17(22)20-12-5-8-14(18)15(19)9-12/h3-9,16,21H,10H2,1-2H3,(H,20,22)/t16-/m0/s1. The molecule has 0 saturated heterocycles. The number of carbonyl (C=O) groups is 1. The summed E-state index contributed by atoms with van der Waals surface area (Å²) in [6.07, 6.45) is 0.944. The van der Waals surface area contributed by atoms with Gasteiger partial charge in [-0.2, -0.15) is 0 Å². The maximum atomic E-state index is 12.4. The molecular formula is C17H18Cl2N2O4S. The van der Waals surface area contributed by atoms with Crippen molar-refractivity contribution in [1.82, 2.24) is 4.72 Å². The third-order valence-electron chi connectivity index (χ3n) is 3.47. The van der Waals surface area contributed by atoms with Crippen LogP contribution >= 0.6 is 23.2 Å². The van der Waals surface area contributed by atoms with Gasteiger partial charge in [-0.3, -0.25) is 4.79 Å². The zero-order chi connectivity index (χ0) is 19.3. The molecule has 0 aliphatic carbocycles. The van der Waals surface area contributed by atoms with Crippen molar-refractivity contribution in [3.63, 3.8) is 0 Å². The van der Waals surface area contributed by atoms with E-state index in [1.165, 1.54) is 13.2 Å². The largest absolute Gasteiger partial charge is 0.497 e. The van der Waals surface area contributed by atoms with E-state index in [9.17, 15) is 13.2 Å². The Morgan fingerprint density at radius 2 is 1.77 bits per heavy atom. The van der Waals surface area contributed by atoms with E-state index >= 15 is 0 Å². The SMILES string of the molecule is COc1ccc([C@H](CC(=O)Nc2ccc(Cl)c(Cl)c2)NS(C)(=O)=O)cc1. The van der Waals surface area contributed by atoms with Crippen molar-refractivity contribution < 1.29 is 17.9 Å². The van der Waals surface area contributed by atoms with Gasteiger partial charge in [0.1, 0.15) is 5.75 Å². The maximum Gasteiger partial charge on any atom is 0.226 e. The summed E-state index contributed by atoms with van der Waals surface area (Å²) in [5.74, 6) is 0.257. The number of ether oxygens (including phenoxy) is 1. The van der Waals surface area contributed by atoms with Crippen LogP contribution in [0.1, 0.15) is 18.0 Å². The van der Waals surface area contributed by atoms with Crippen LogP contribution in [0.15, 0.2) is 42.5 Å². The van der Waals surface area contributed by atoms with Crippen molar-refractivity contribution in [2.24, 2.45) is 0 Å². The smallest absolute Gasteiger partial charge is 0.226 e. The van der Waals surface area contributed by atoms with Crippen LogP contribution in [0.25, 0.3) is 0 Å². The molecule has 0 fully saturated rings. The van der Waals surface area contributed by atoms with Crippen molar-refractivity contribution in [1.29, 1.82) is 0 Å². The number of hydrogen-bond donors (Lipinski definition) is 2. The van der Waals surface area contributed by atoms with Gasteiger partial charge in [-0.15, -0.1) is 0 Å². The van der Waals surface area contributed by atoms with E-state index in [0.717, 1.165) is 6.26 Å². The average Bonchev–Trinajstić information content (AvgIpc) is 2.56. The number of amides is 1. The highest BCUT2D eigenvalue weighted by molar-refractivity contribution is 7.88. The number of carbonyl (C=O) groups excluding carboxylic acids is 1. The van der Waals surface area contributed by atoms with Crippen LogP contribution in [0.4, 0.5) is 5.69 Å². The molecule has 2 N–H and O–H groups in total. The second-order valence-corrected chi connectivity index (χ2v) is 8.19. The molecule has 0 aromatic heterocycles. The number of nitrogens with one attached hydrogen (secondary N) is 2. The first-order valence-corrected chi connectivity index (χ1v) is 10.2. The van der Waals surface area contributed by atoms with Crippen LogP contribution in [0.3, 0.4) is 0 Å². The van der Waals surface area contributed by atoms with E-state index in [-0.39, 0.29) is 12.3 Å². The number of methoxy groups -OCH3 is 1. The summed E-state index contributed by atoms with van der Waals surface area (Å²) >= 11 is 11.8. The lowest BCUT2D eigenvalue weighted by Crippen LogP contribution is -2.30. The highest BCUT2D eigenvalue weighted by atomic mass is 35.5. The molecule has 0 aliphatic heterocycles. The lowest BCUT2D eigenvalue weighted by Gasteiger charge is -2.18. The van der Waals surface area contributed by atoms with Crippen LogP contribution in [0.2, 0.25) is 10.0 Å². The topological polar surface area (TPSA) is 84.5 Å². The van der Waals surface area contributed by atoms with Crippen molar-refractivity contribution in [2.45, 2.75) is 12.5 Å². The van der Waals surface area contributed by atoms with Gasteiger partial charge in [0.15, 0.2) is 0 Å². The molecule has 0 spiro atoms. The first-order valence-electron chi connectivity index (χ1n) is 7.54. The summed E-state index contributed by atoms with van der Waals surface area (Å²) in [5.41, 5.74) is 1.11. The van der Waals surface area contributed by atoms with Crippen LogP contribution in [-0.2, 0) is 14.8 Å². The van der Waals surface area contributed by atoms with Gasteiger partial charge in [0.2, 0.25) is 15.9 Å². The molecule has 2 aromatic carbocycles. The zero-order valence-electron chi connectivity index (χ0n) is 14.1. The molecule has 0 heterocycles. The molecule has 0 aliphatic rings. The summed E-state index contributed by atoms with van der Waals surface area (Å²) in [7, 11) is -1.98. The number of halogens is 2. The molecule has 0 saturated carbocycles. The van der Waals surface area contributed by atoms with E-state index in [0.29, 0.717) is 27.0 Å². The van der Waals surface area contributed by atoms with E-state index in [1.54, 1.807) is 36.4 Å². The number of hydrogen-bond acceptors (Lipinski definition) is 4. The van der Waals surface area contributed by atoms with Gasteiger partial charge in [0.05, 0.1) is 29.5 Å². The second-order valence-electron chi connectivity index (χ2n) is 5.60. The lowest BCUT2D eigenvalue weighted by atomic mass is 10.0. The van der Waals surface area contributed by atoms with Crippen molar-refractivity contribution >= 4 is 44.8 Å². The minimum Gasteiger partial charge on any atom is -0.497 e. The van der Waals surface area contributed by atoms with Crippen LogP contribution in [-0.4, -0.2) is 27.7 Å². The van der Waals surface area contributed by atoms with Gasteiger partial charge in [-0.25, -0.2) is 13.1 Å². The van der Waals surface area contributed by atoms with Gasteiger partial charge >= 0.3 is 0 Å². The van der Waals surface area contributed by atoms with E-state index in [4.69, 9.17) is 27.9 Å². The van der Waals surface area contributed by atoms with Crippen molar-refractivity contribution in [2.75, 3.05) is 18.7 Å². The van der Waals surface area contributed by atoms with Crippen LogP contribution in [0.5, 0.6) is 5.75 Å². The predicted octanol–water partition coefficient (Wildman–Crippen LogP) is 3.62. The lowest BCUT2D eigenvalue weighted by molar-refractivity contribution is -0.116. The number of sulfonamides is 1. The fourth-order valence-electron chi connectivity index (χ4n) is 2.29. The summed E-state index contributed by atoms with van der Waals surface area (Å²) in [4.78, 5) is 12.4. The first-order chi connectivity index (χ1) is 12.2. The van der Waals surface area contributed by atoms with Crippen LogP contribution in [0, 0.1) is 0 Å². The molecule has 6 nitrogen and oxygen atoms in total. The van der Waals surface area contributed by atoms with Crippen LogP contribution < -0.4 is 14.8 Å². The average molecular weight is 417 g/mol. The second kappa shape index (κ2) is 8.73. The van der Waals surface area contributed by atoms with Gasteiger partial charge < -0.3 is 10.1 Å². The van der Waals surface area contributed by atoms with Gasteiger partial charge in [-0.05, 0) is 35.9 Å². The molecule has 0 radical (unpaired) electrons. The van der Waals surface area contributed by atoms with E-state index in [1.807, 2.05) is 0 Å². The number of benzene rings is 2. The molecule has 0 unspecified atom stereocenters. The number of anilines is 1. The minimum atomic E-state index is -3.52. The predicted molar refractivity (Wildman–Crippen MR) is 103 cm³/mol. The normalized spacial score (nSPS) is 12.5. The zero-order valence-corrected chi connectivity index (χ0v) is 16.5. The Balaban J connectivity index is 2.16. The van der Waals surface area contributed by atoms with E-state index < -0.39 is 16.1 Å². The Kier molecular flexibility index (Phi) is 6.88. The monoisotopic (exact) mass is 416 g/mol. The first kappa shape index (κ1) is 20.5. The summed E-state index contributed by atoms with van der Waals surface area (Å²) < 4.78 is 30.9. The maximum absolute atomic E-state index is 12.4. The Morgan fingerprint density at radius 3 is 2.31 bits per heavy atom. The molecule has 140 valence electrons. The third kappa shape index (κ3) is 6.17. The highest BCUT2D eigenvalue weighted by Crippen LogP contribution is 2.26. The van der Waals surface area contributed by atoms with E-state index in [2.05, 4.69) is 10.0 Å². The van der Waals surface area contributed by atoms with Gasteiger partial charge in [0.25, 0.3) is 0 Å². The Bertz CT molecular complexity index is 886. The summed E-state index contributed by atoms with van der Waals surface area (Å²) in [6.45, 7) is 0. The molecule has 2 aromatic rings. The molecule has 0 bridgehead atoms. The Morgan fingerprint density at radius 1 is 1.12 bits per heavy atom. The third-order valence-corrected chi connectivity index (χ3v) is 4.92. The Labute approximate surface area is 162 Å². The molecule has 2 rings (SSSR count). The van der Waals surface area contributed by atoms with Crippen molar-refractivity contribution in [3.8, 4) is 5.75 Å². The highest BCUT2D eigenvalue weighted by Gasteiger charge is 2.20. The fourth-order valence-corrected chi connectivity index (χ4v) is 3.33. The van der Waals surface area contributed by atoms with Gasteiger partial charge in [-0.1, -0.05) is 35.3 Å². The summed E-state index contributed by atoms with van der Waals surface area (Å²) in [5, 5.41) is 3.36. The van der Waals surface area contributed by atoms with Crippen molar-refractivity contribution in [3.05, 3.63) is 58.1 Å². The Hall–Kier alpha value is -1.80. The minimum absolute atomic E-state index is 0.0976. The molecule has 9 heteroatoms. The summed E-state index contributed by atoms with van der Waals surface area (Å²) in [6, 6.07) is 10.8. The molecular weight excluding hydrogens is 399 g/mol. The fraction of sp³-hybridized carbons (Fsp3) is 0.235. The number of rotatable bonds is 7. The molecule has 1 amide bonds. The quantitative estimate of drug-likeness (QED) is 0.721. The van der Waals surface area contributed by atoms with Gasteiger partial charge in [0, 0.05) is 12.1 Å². The molecule has 26 heavy (non-hydrogen) atoms.